The van der Waals surface area contributed by atoms with E-state index >= 15 is 0 Å². The second kappa shape index (κ2) is 5.08. The summed E-state index contributed by atoms with van der Waals surface area (Å²) in [6.07, 6.45) is -4.48. The fourth-order valence-electron chi connectivity index (χ4n) is 1.40. The van der Waals surface area contributed by atoms with Gasteiger partial charge in [-0.05, 0) is 24.3 Å². The molecule has 0 unspecified atom stereocenters. The Hall–Kier alpha value is -1.76. The monoisotopic (exact) mass is 293 g/mol. The molecule has 0 saturated heterocycles. The van der Waals surface area contributed by atoms with Crippen LogP contribution < -0.4 is 5.32 Å². The van der Waals surface area contributed by atoms with Crippen LogP contribution in [0.25, 0.3) is 0 Å². The van der Waals surface area contributed by atoms with Gasteiger partial charge in [-0.25, -0.2) is 4.39 Å². The summed E-state index contributed by atoms with van der Waals surface area (Å²) in [7, 11) is 0. The van der Waals surface area contributed by atoms with E-state index in [9.17, 15) is 17.6 Å². The van der Waals surface area contributed by atoms with Crippen molar-refractivity contribution < 1.29 is 17.6 Å². The minimum Gasteiger partial charge on any atom is -0.379 e. The number of H-pyrrole nitrogens is 1. The Morgan fingerprint density at radius 1 is 1.26 bits per heavy atom. The van der Waals surface area contributed by atoms with Gasteiger partial charge in [0.2, 0.25) is 0 Å². The third-order valence-electron chi connectivity index (χ3n) is 2.32. The number of nitrogens with zero attached hydrogens (tertiary/aromatic N) is 1. The van der Waals surface area contributed by atoms with Crippen LogP contribution in [0.15, 0.2) is 24.3 Å². The van der Waals surface area contributed by atoms with E-state index in [0.717, 1.165) is 6.07 Å². The summed E-state index contributed by atoms with van der Waals surface area (Å²) in [4.78, 5) is 0. The van der Waals surface area contributed by atoms with Gasteiger partial charge in [-0.15, -0.1) is 0 Å². The molecule has 3 nitrogen and oxygen atoms in total. The largest absolute Gasteiger partial charge is 0.435 e. The minimum atomic E-state index is -4.48. The van der Waals surface area contributed by atoms with E-state index in [1.807, 2.05) is 0 Å². The van der Waals surface area contributed by atoms with E-state index in [1.165, 1.54) is 18.2 Å². The maximum atomic E-state index is 12.9. The number of rotatable bonds is 3. The first kappa shape index (κ1) is 13.7. The second-order valence-corrected chi connectivity index (χ2v) is 4.17. The summed E-state index contributed by atoms with van der Waals surface area (Å²) < 4.78 is 49.8. The average Bonchev–Trinajstić information content (AvgIpc) is 2.79. The molecule has 2 aromatic rings. The van der Waals surface area contributed by atoms with Gasteiger partial charge in [0.25, 0.3) is 0 Å². The molecule has 0 bridgehead atoms. The molecule has 2 rings (SSSR count). The molecule has 0 atom stereocenters. The number of aromatic amines is 1. The Morgan fingerprint density at radius 2 is 2.00 bits per heavy atom. The maximum absolute atomic E-state index is 12.9. The molecular weight excluding hydrogens is 286 g/mol. The van der Waals surface area contributed by atoms with Gasteiger partial charge in [0, 0.05) is 5.69 Å². The molecule has 0 aliphatic rings. The van der Waals surface area contributed by atoms with Crippen molar-refractivity contribution in [2.75, 3.05) is 5.32 Å². The van der Waals surface area contributed by atoms with E-state index in [4.69, 9.17) is 11.6 Å². The number of hydrogen-bond donors (Lipinski definition) is 2. The van der Waals surface area contributed by atoms with E-state index in [0.29, 0.717) is 5.69 Å². The van der Waals surface area contributed by atoms with E-state index in [-0.39, 0.29) is 17.3 Å². The van der Waals surface area contributed by atoms with Gasteiger partial charge in [0.05, 0.1) is 17.3 Å². The van der Waals surface area contributed by atoms with Crippen molar-refractivity contribution in [1.82, 2.24) is 10.2 Å². The number of benzene rings is 1. The van der Waals surface area contributed by atoms with Gasteiger partial charge in [0.1, 0.15) is 5.82 Å². The minimum absolute atomic E-state index is 0.0643. The zero-order chi connectivity index (χ0) is 14.0. The Kier molecular flexibility index (Phi) is 3.66. The summed E-state index contributed by atoms with van der Waals surface area (Å²) in [6.45, 7) is 0.0883. The molecular formula is C11H8ClF4N3. The van der Waals surface area contributed by atoms with Crippen LogP contribution in [0.2, 0.25) is 5.02 Å². The highest BCUT2D eigenvalue weighted by molar-refractivity contribution is 6.31. The molecule has 0 radical (unpaired) electrons. The van der Waals surface area contributed by atoms with Crippen LogP contribution in [0.4, 0.5) is 23.2 Å². The van der Waals surface area contributed by atoms with Gasteiger partial charge in [-0.1, -0.05) is 11.6 Å². The molecule has 0 saturated carbocycles. The second-order valence-electron chi connectivity index (χ2n) is 3.76. The number of halogens is 5. The Balaban J connectivity index is 2.02. The lowest BCUT2D eigenvalue weighted by molar-refractivity contribution is -0.141. The molecule has 0 amide bonds. The first-order valence-electron chi connectivity index (χ1n) is 5.16. The molecule has 8 heteroatoms. The van der Waals surface area contributed by atoms with Crippen LogP contribution >= 0.6 is 11.6 Å². The predicted octanol–water partition coefficient (Wildman–Crippen LogP) is 3.83. The number of anilines is 1. The van der Waals surface area contributed by atoms with E-state index in [1.54, 1.807) is 0 Å². The van der Waals surface area contributed by atoms with Crippen molar-refractivity contribution in [1.29, 1.82) is 0 Å². The molecule has 1 aromatic carbocycles. The summed E-state index contributed by atoms with van der Waals surface area (Å²) in [5.74, 6) is -0.562. The fraction of sp³-hybridized carbons (Fsp3) is 0.182. The van der Waals surface area contributed by atoms with E-state index < -0.39 is 17.7 Å². The van der Waals surface area contributed by atoms with Gasteiger partial charge in [-0.2, -0.15) is 18.3 Å². The Morgan fingerprint density at radius 3 is 2.58 bits per heavy atom. The van der Waals surface area contributed by atoms with Gasteiger partial charge >= 0.3 is 6.18 Å². The fourth-order valence-corrected chi connectivity index (χ4v) is 1.58. The normalized spacial score (nSPS) is 11.6. The van der Waals surface area contributed by atoms with Crippen LogP contribution in [0.3, 0.4) is 0 Å². The molecule has 0 spiro atoms. The predicted molar refractivity (Wildman–Crippen MR) is 62.3 cm³/mol. The maximum Gasteiger partial charge on any atom is 0.435 e. The lowest BCUT2D eigenvalue weighted by Crippen LogP contribution is -2.04. The summed E-state index contributed by atoms with van der Waals surface area (Å²) in [5, 5.41) is 8.16. The molecule has 1 heterocycles. The summed E-state index contributed by atoms with van der Waals surface area (Å²) in [6, 6.07) is 4.84. The van der Waals surface area contributed by atoms with Crippen molar-refractivity contribution >= 4 is 17.3 Å². The van der Waals surface area contributed by atoms with Crippen molar-refractivity contribution in [2.45, 2.75) is 12.7 Å². The lowest BCUT2D eigenvalue weighted by Gasteiger charge is -2.05. The number of nitrogens with one attached hydrogen (secondary N) is 2. The topological polar surface area (TPSA) is 40.7 Å². The highest BCUT2D eigenvalue weighted by Crippen LogP contribution is 2.28. The van der Waals surface area contributed by atoms with Crippen LogP contribution in [0, 0.1) is 5.82 Å². The van der Waals surface area contributed by atoms with Crippen LogP contribution in [-0.4, -0.2) is 10.2 Å². The standard InChI is InChI=1S/C11H8ClF4N3/c12-8-3-6(1-2-9(8)13)17-5-7-4-10(19-18-7)11(14,15)16/h1-4,17H,5H2,(H,18,19). The smallest absolute Gasteiger partial charge is 0.379 e. The number of aromatic nitrogens is 2. The molecule has 0 fully saturated rings. The zero-order valence-electron chi connectivity index (χ0n) is 9.35. The molecule has 0 aliphatic carbocycles. The van der Waals surface area contributed by atoms with Crippen molar-refractivity contribution in [3.63, 3.8) is 0 Å². The van der Waals surface area contributed by atoms with Crippen LogP contribution in [-0.2, 0) is 12.7 Å². The average molecular weight is 294 g/mol. The van der Waals surface area contributed by atoms with Crippen molar-refractivity contribution in [2.24, 2.45) is 0 Å². The molecule has 2 N–H and O–H groups in total. The highest BCUT2D eigenvalue weighted by atomic mass is 35.5. The summed E-state index contributed by atoms with van der Waals surface area (Å²) in [5.41, 5.74) is -0.233. The zero-order valence-corrected chi connectivity index (χ0v) is 10.1. The Bertz CT molecular complexity index is 580. The first-order valence-corrected chi connectivity index (χ1v) is 5.54. The van der Waals surface area contributed by atoms with Gasteiger partial charge in [-0.3, -0.25) is 5.10 Å². The van der Waals surface area contributed by atoms with Gasteiger partial charge < -0.3 is 5.32 Å². The number of hydrogen-bond acceptors (Lipinski definition) is 2. The molecule has 1 aromatic heterocycles. The Labute approximate surface area is 110 Å². The summed E-state index contributed by atoms with van der Waals surface area (Å²) >= 11 is 5.58. The molecule has 19 heavy (non-hydrogen) atoms. The van der Waals surface area contributed by atoms with Crippen molar-refractivity contribution in [3.8, 4) is 0 Å². The molecule has 0 aliphatic heterocycles. The first-order chi connectivity index (χ1) is 8.86. The highest BCUT2D eigenvalue weighted by Gasteiger charge is 2.33. The number of alkyl halides is 3. The molecule has 102 valence electrons. The SMILES string of the molecule is Fc1ccc(NCc2cc(C(F)(F)F)n[nH]2)cc1Cl. The van der Waals surface area contributed by atoms with Crippen molar-refractivity contribution in [3.05, 3.63) is 46.5 Å². The lowest BCUT2D eigenvalue weighted by atomic mass is 10.3. The quantitative estimate of drug-likeness (QED) is 0.844. The van der Waals surface area contributed by atoms with Crippen LogP contribution in [0.1, 0.15) is 11.4 Å². The van der Waals surface area contributed by atoms with Crippen LogP contribution in [0.5, 0.6) is 0 Å². The van der Waals surface area contributed by atoms with E-state index in [2.05, 4.69) is 15.5 Å². The third-order valence-corrected chi connectivity index (χ3v) is 2.61. The van der Waals surface area contributed by atoms with Gasteiger partial charge in [0.15, 0.2) is 5.69 Å². The third kappa shape index (κ3) is 3.37.